The van der Waals surface area contributed by atoms with Crippen LogP contribution < -0.4 is 10.3 Å². The first-order valence-electron chi connectivity index (χ1n) is 7.22. The van der Waals surface area contributed by atoms with Gasteiger partial charge in [0.05, 0.1) is 25.2 Å². The van der Waals surface area contributed by atoms with Crippen LogP contribution in [0.1, 0.15) is 6.92 Å². The Balaban J connectivity index is 1.89. The van der Waals surface area contributed by atoms with Gasteiger partial charge >= 0.3 is 0 Å². The van der Waals surface area contributed by atoms with E-state index in [9.17, 15) is 4.79 Å². The lowest BCUT2D eigenvalue weighted by molar-refractivity contribution is 0.0321. The average Bonchev–Trinajstić information content (AvgIpc) is 2.52. The van der Waals surface area contributed by atoms with Crippen LogP contribution in [-0.2, 0) is 11.3 Å². The van der Waals surface area contributed by atoms with Gasteiger partial charge in [-0.05, 0) is 19.1 Å². The van der Waals surface area contributed by atoms with Crippen LogP contribution in [0.3, 0.4) is 0 Å². The second-order valence-electron chi connectivity index (χ2n) is 5.16. The predicted molar refractivity (Wildman–Crippen MR) is 78.2 cm³/mol. The van der Waals surface area contributed by atoms with Gasteiger partial charge in [0.1, 0.15) is 6.61 Å². The third-order valence-electron chi connectivity index (χ3n) is 3.44. The zero-order valence-corrected chi connectivity index (χ0v) is 12.3. The van der Waals surface area contributed by atoms with Crippen LogP contribution in [0.2, 0.25) is 0 Å². The summed E-state index contributed by atoms with van der Waals surface area (Å²) in [7, 11) is 0. The molecule has 2 rings (SSSR count). The minimum absolute atomic E-state index is 0.179. The maximum absolute atomic E-state index is 12.2. The first kappa shape index (κ1) is 15.5. The van der Waals surface area contributed by atoms with E-state index in [1.54, 1.807) is 25.3 Å². The summed E-state index contributed by atoms with van der Waals surface area (Å²) in [6.45, 7) is 6.76. The van der Waals surface area contributed by atoms with Gasteiger partial charge in [-0.1, -0.05) is 0 Å². The van der Waals surface area contributed by atoms with Crippen molar-refractivity contribution in [1.29, 1.82) is 5.26 Å². The van der Waals surface area contributed by atoms with Crippen molar-refractivity contribution >= 4 is 0 Å². The van der Waals surface area contributed by atoms with Crippen LogP contribution in [0.5, 0.6) is 5.75 Å². The molecule has 1 saturated heterocycles. The number of morpholine rings is 1. The first-order valence-corrected chi connectivity index (χ1v) is 7.22. The summed E-state index contributed by atoms with van der Waals surface area (Å²) in [4.78, 5) is 14.5. The second kappa shape index (κ2) is 7.81. The van der Waals surface area contributed by atoms with Crippen molar-refractivity contribution in [2.75, 3.05) is 39.5 Å². The fraction of sp³-hybridized carbons (Fsp3) is 0.600. The highest BCUT2D eigenvalue weighted by atomic mass is 16.5. The van der Waals surface area contributed by atoms with Gasteiger partial charge in [0.2, 0.25) is 0 Å². The number of ether oxygens (including phenoxy) is 2. The summed E-state index contributed by atoms with van der Waals surface area (Å²) in [6.07, 6.45) is 1.69. The van der Waals surface area contributed by atoms with E-state index in [4.69, 9.17) is 14.7 Å². The van der Waals surface area contributed by atoms with Gasteiger partial charge in [-0.3, -0.25) is 9.69 Å². The topological polar surface area (TPSA) is 67.5 Å². The van der Waals surface area contributed by atoms with Gasteiger partial charge in [0, 0.05) is 32.4 Å². The Morgan fingerprint density at radius 1 is 1.48 bits per heavy atom. The van der Waals surface area contributed by atoms with Crippen molar-refractivity contribution in [3.63, 3.8) is 0 Å². The van der Waals surface area contributed by atoms with Gasteiger partial charge in [-0.2, -0.15) is 5.26 Å². The van der Waals surface area contributed by atoms with Gasteiger partial charge in [0.15, 0.2) is 5.75 Å². The number of nitriles is 1. The largest absolute Gasteiger partial charge is 0.487 e. The molecule has 0 N–H and O–H groups in total. The molecule has 0 spiro atoms. The minimum atomic E-state index is -0.203. The molecule has 0 saturated carbocycles. The normalized spacial score (nSPS) is 17.1. The van der Waals surface area contributed by atoms with Crippen LogP contribution >= 0.6 is 0 Å². The molecule has 6 heteroatoms. The molecule has 0 bridgehead atoms. The molecule has 0 radical (unpaired) electrons. The predicted octanol–water partition coefficient (Wildman–Crippen LogP) is 0.719. The molecule has 1 unspecified atom stereocenters. The van der Waals surface area contributed by atoms with E-state index < -0.39 is 0 Å². The molecule has 1 atom stereocenters. The summed E-state index contributed by atoms with van der Waals surface area (Å²) >= 11 is 0. The Labute approximate surface area is 124 Å². The van der Waals surface area contributed by atoms with Crippen LogP contribution in [0.4, 0.5) is 0 Å². The molecule has 1 aromatic rings. The Morgan fingerprint density at radius 3 is 2.95 bits per heavy atom. The summed E-state index contributed by atoms with van der Waals surface area (Å²) in [5.74, 6) is 0.141. The Morgan fingerprint density at radius 2 is 2.24 bits per heavy atom. The lowest BCUT2D eigenvalue weighted by atomic mass is 10.2. The molecule has 6 nitrogen and oxygen atoms in total. The molecule has 1 fully saturated rings. The van der Waals surface area contributed by atoms with Crippen LogP contribution in [0, 0.1) is 17.2 Å². The van der Waals surface area contributed by atoms with Gasteiger partial charge in [0.25, 0.3) is 5.56 Å². The average molecular weight is 291 g/mol. The van der Waals surface area contributed by atoms with Gasteiger partial charge < -0.3 is 14.0 Å². The molecule has 0 aliphatic carbocycles. The zero-order chi connectivity index (χ0) is 15.1. The quantitative estimate of drug-likeness (QED) is 0.772. The van der Waals surface area contributed by atoms with Crippen molar-refractivity contribution in [3.05, 3.63) is 28.7 Å². The van der Waals surface area contributed by atoms with E-state index in [1.807, 2.05) is 0 Å². The summed E-state index contributed by atoms with van der Waals surface area (Å²) in [6, 6.07) is 5.58. The molecule has 0 aromatic carbocycles. The molecule has 1 aliphatic rings. The molecule has 0 amide bonds. The van der Waals surface area contributed by atoms with Gasteiger partial charge in [-0.15, -0.1) is 0 Å². The molecular formula is C15H21N3O3. The summed E-state index contributed by atoms with van der Waals surface area (Å²) in [5, 5.41) is 8.83. The lowest BCUT2D eigenvalue weighted by Gasteiger charge is -2.26. The second-order valence-corrected chi connectivity index (χ2v) is 5.16. The third-order valence-corrected chi connectivity index (χ3v) is 3.44. The van der Waals surface area contributed by atoms with E-state index in [0.29, 0.717) is 18.9 Å². The summed E-state index contributed by atoms with van der Waals surface area (Å²) < 4.78 is 12.4. The van der Waals surface area contributed by atoms with E-state index in [-0.39, 0.29) is 11.5 Å². The third kappa shape index (κ3) is 4.59. The number of rotatable bonds is 6. The van der Waals surface area contributed by atoms with Gasteiger partial charge in [-0.25, -0.2) is 0 Å². The Hall–Kier alpha value is -1.84. The number of pyridine rings is 1. The molecule has 114 valence electrons. The minimum Gasteiger partial charge on any atom is -0.487 e. The molecule has 2 heterocycles. The van der Waals surface area contributed by atoms with Crippen LogP contribution in [0.25, 0.3) is 0 Å². The van der Waals surface area contributed by atoms with Crippen molar-refractivity contribution in [3.8, 4) is 11.8 Å². The number of hydrogen-bond donors (Lipinski definition) is 0. The maximum atomic E-state index is 12.2. The van der Waals surface area contributed by atoms with Crippen molar-refractivity contribution in [2.45, 2.75) is 13.5 Å². The summed E-state index contributed by atoms with van der Waals surface area (Å²) in [5.41, 5.74) is -0.179. The Kier molecular flexibility index (Phi) is 5.78. The lowest BCUT2D eigenvalue weighted by Crippen LogP contribution is -2.39. The Bertz CT molecular complexity index is 544. The molecule has 1 aromatic heterocycles. The number of nitrogens with zero attached hydrogens (tertiary/aromatic N) is 3. The highest BCUT2D eigenvalue weighted by Crippen LogP contribution is 2.05. The van der Waals surface area contributed by atoms with Crippen molar-refractivity contribution < 1.29 is 9.47 Å². The standard InChI is InChI=1S/C15H21N3O3/c1-13(11-16)12-18-4-2-3-14(15(18)19)21-10-7-17-5-8-20-9-6-17/h2-4,13H,5-10,12H2,1H3. The maximum Gasteiger partial charge on any atom is 0.292 e. The van der Waals surface area contributed by atoms with Crippen molar-refractivity contribution in [1.82, 2.24) is 9.47 Å². The highest BCUT2D eigenvalue weighted by molar-refractivity contribution is 5.17. The monoisotopic (exact) mass is 291 g/mol. The van der Waals surface area contributed by atoms with Crippen LogP contribution in [0.15, 0.2) is 23.1 Å². The number of aromatic nitrogens is 1. The highest BCUT2D eigenvalue weighted by Gasteiger charge is 2.11. The van der Waals surface area contributed by atoms with E-state index in [0.717, 1.165) is 32.8 Å². The SMILES string of the molecule is CC(C#N)Cn1cccc(OCCN2CCOCC2)c1=O. The van der Waals surface area contributed by atoms with E-state index in [1.165, 1.54) is 4.57 Å². The van der Waals surface area contributed by atoms with E-state index in [2.05, 4.69) is 11.0 Å². The van der Waals surface area contributed by atoms with Crippen molar-refractivity contribution in [2.24, 2.45) is 5.92 Å². The van der Waals surface area contributed by atoms with E-state index >= 15 is 0 Å². The molecule has 21 heavy (non-hydrogen) atoms. The number of hydrogen-bond acceptors (Lipinski definition) is 5. The fourth-order valence-corrected chi connectivity index (χ4v) is 2.21. The molecular weight excluding hydrogens is 270 g/mol. The first-order chi connectivity index (χ1) is 10.2. The zero-order valence-electron chi connectivity index (χ0n) is 12.3. The fourth-order valence-electron chi connectivity index (χ4n) is 2.21. The van der Waals surface area contributed by atoms with Crippen LogP contribution in [-0.4, -0.2) is 48.9 Å². The smallest absolute Gasteiger partial charge is 0.292 e. The molecule has 1 aliphatic heterocycles.